The molecule has 1 heterocycles. The van der Waals surface area contributed by atoms with E-state index in [4.69, 9.17) is 0 Å². The third-order valence-corrected chi connectivity index (χ3v) is 6.47. The molecule has 1 amide bonds. The van der Waals surface area contributed by atoms with E-state index in [0.29, 0.717) is 18.8 Å². The molecule has 3 aromatic carbocycles. The number of thiazole rings is 1. The lowest BCUT2D eigenvalue weighted by Gasteiger charge is -2.21. The van der Waals surface area contributed by atoms with E-state index < -0.39 is 0 Å². The lowest BCUT2D eigenvalue weighted by atomic mass is 10.1. The first-order valence-electron chi connectivity index (χ1n) is 11.3. The fraction of sp³-hybridized carbons (Fsp3) is 0.214. The van der Waals surface area contributed by atoms with Crippen LogP contribution in [0.2, 0.25) is 0 Å². The minimum absolute atomic E-state index is 0.102. The van der Waals surface area contributed by atoms with Gasteiger partial charge in [0.25, 0.3) is 5.91 Å². The van der Waals surface area contributed by atoms with Crippen molar-refractivity contribution in [2.24, 2.45) is 0 Å². The van der Waals surface area contributed by atoms with E-state index in [0.717, 1.165) is 22.7 Å². The van der Waals surface area contributed by atoms with Crippen LogP contribution < -0.4 is 5.32 Å². The van der Waals surface area contributed by atoms with Gasteiger partial charge < -0.3 is 5.32 Å². The predicted molar refractivity (Wildman–Crippen MR) is 135 cm³/mol. The Bertz CT molecular complexity index is 1160. The van der Waals surface area contributed by atoms with Crippen molar-refractivity contribution in [3.05, 3.63) is 123 Å². The predicted octanol–water partition coefficient (Wildman–Crippen LogP) is 6.28. The Labute approximate surface area is 204 Å². The highest BCUT2D eigenvalue weighted by Crippen LogP contribution is 2.19. The van der Waals surface area contributed by atoms with Crippen LogP contribution in [0.4, 0.5) is 4.39 Å². The van der Waals surface area contributed by atoms with Crippen LogP contribution in [0.1, 0.15) is 50.7 Å². The number of hydrogen-bond acceptors (Lipinski definition) is 4. The lowest BCUT2D eigenvalue weighted by Crippen LogP contribution is -2.27. The average molecular weight is 474 g/mol. The summed E-state index contributed by atoms with van der Waals surface area (Å²) in [5, 5.41) is 5.70. The van der Waals surface area contributed by atoms with Gasteiger partial charge in [0.1, 0.15) is 16.5 Å². The molecule has 4 aromatic rings. The minimum Gasteiger partial charge on any atom is -0.344 e. The molecule has 4 rings (SSSR count). The Morgan fingerprint density at radius 1 is 0.941 bits per heavy atom. The van der Waals surface area contributed by atoms with Crippen molar-refractivity contribution in [3.63, 3.8) is 0 Å². The summed E-state index contributed by atoms with van der Waals surface area (Å²) >= 11 is 1.48. The SMILES string of the molecule is Cc1ccc(CN(Cc2ccc(F)cc2)Cc2nc(C(=O)NC(C)c3ccccc3)cs2)cc1. The lowest BCUT2D eigenvalue weighted by molar-refractivity contribution is 0.0935. The van der Waals surface area contributed by atoms with Gasteiger partial charge in [-0.3, -0.25) is 9.69 Å². The zero-order valence-electron chi connectivity index (χ0n) is 19.4. The molecule has 0 fully saturated rings. The Morgan fingerprint density at radius 3 is 2.21 bits per heavy atom. The summed E-state index contributed by atoms with van der Waals surface area (Å²) in [6.07, 6.45) is 0. The zero-order chi connectivity index (χ0) is 23.9. The second kappa shape index (κ2) is 11.2. The number of carbonyl (C=O) groups excluding carboxylic acids is 1. The molecule has 1 aromatic heterocycles. The Balaban J connectivity index is 1.45. The number of aryl methyl sites for hydroxylation is 1. The molecule has 6 heteroatoms. The van der Waals surface area contributed by atoms with Gasteiger partial charge in [0.05, 0.1) is 12.6 Å². The van der Waals surface area contributed by atoms with Crippen LogP contribution >= 0.6 is 11.3 Å². The maximum absolute atomic E-state index is 13.4. The first-order valence-corrected chi connectivity index (χ1v) is 12.2. The highest BCUT2D eigenvalue weighted by Gasteiger charge is 2.16. The van der Waals surface area contributed by atoms with Crippen molar-refractivity contribution in [1.82, 2.24) is 15.2 Å². The van der Waals surface area contributed by atoms with Gasteiger partial charge in [-0.15, -0.1) is 11.3 Å². The van der Waals surface area contributed by atoms with Gasteiger partial charge in [-0.25, -0.2) is 9.37 Å². The van der Waals surface area contributed by atoms with Gasteiger partial charge in [0.15, 0.2) is 0 Å². The number of hydrogen-bond donors (Lipinski definition) is 1. The molecular formula is C28H28FN3OS. The monoisotopic (exact) mass is 473 g/mol. The molecule has 0 saturated carbocycles. The fourth-order valence-corrected chi connectivity index (χ4v) is 4.56. The molecule has 0 aliphatic rings. The first-order chi connectivity index (χ1) is 16.5. The van der Waals surface area contributed by atoms with E-state index in [1.165, 1.54) is 34.6 Å². The summed E-state index contributed by atoms with van der Waals surface area (Å²) in [6, 6.07) is 24.8. The first kappa shape index (κ1) is 23.8. The number of nitrogens with zero attached hydrogens (tertiary/aromatic N) is 2. The van der Waals surface area contributed by atoms with Crippen molar-refractivity contribution >= 4 is 17.2 Å². The molecule has 1 atom stereocenters. The molecule has 0 aliphatic heterocycles. The number of aromatic nitrogens is 1. The molecule has 4 nitrogen and oxygen atoms in total. The Hall–Kier alpha value is -3.35. The highest BCUT2D eigenvalue weighted by molar-refractivity contribution is 7.09. The van der Waals surface area contributed by atoms with Crippen LogP contribution in [0.5, 0.6) is 0 Å². The minimum atomic E-state index is -0.242. The van der Waals surface area contributed by atoms with Crippen LogP contribution in [0, 0.1) is 12.7 Å². The van der Waals surface area contributed by atoms with Gasteiger partial charge in [-0.05, 0) is 42.7 Å². The molecular weight excluding hydrogens is 445 g/mol. The number of benzene rings is 3. The maximum Gasteiger partial charge on any atom is 0.271 e. The van der Waals surface area contributed by atoms with E-state index in [-0.39, 0.29) is 17.8 Å². The third-order valence-electron chi connectivity index (χ3n) is 5.64. The second-order valence-electron chi connectivity index (χ2n) is 8.49. The number of rotatable bonds is 9. The van der Waals surface area contributed by atoms with Crippen LogP contribution in [-0.2, 0) is 19.6 Å². The second-order valence-corrected chi connectivity index (χ2v) is 9.43. The molecule has 0 spiro atoms. The fourth-order valence-electron chi connectivity index (χ4n) is 3.74. The standard InChI is InChI=1S/C28H28FN3OS/c1-20-8-10-22(11-9-20)16-32(17-23-12-14-25(29)15-13-23)18-27-31-26(19-34-27)28(33)30-21(2)24-6-4-3-5-7-24/h3-15,19,21H,16-18H2,1-2H3,(H,30,33). The summed E-state index contributed by atoms with van der Waals surface area (Å²) in [7, 11) is 0. The summed E-state index contributed by atoms with van der Waals surface area (Å²) in [5.41, 5.74) is 4.92. The quantitative estimate of drug-likeness (QED) is 0.311. The third kappa shape index (κ3) is 6.59. The van der Waals surface area contributed by atoms with Gasteiger partial charge in [0.2, 0.25) is 0 Å². The molecule has 34 heavy (non-hydrogen) atoms. The van der Waals surface area contributed by atoms with Gasteiger partial charge >= 0.3 is 0 Å². The smallest absolute Gasteiger partial charge is 0.271 e. The number of carbonyl (C=O) groups is 1. The zero-order valence-corrected chi connectivity index (χ0v) is 20.2. The van der Waals surface area contributed by atoms with E-state index >= 15 is 0 Å². The summed E-state index contributed by atoms with van der Waals surface area (Å²) in [5.74, 6) is -0.420. The topological polar surface area (TPSA) is 45.2 Å². The van der Waals surface area contributed by atoms with Crippen molar-refractivity contribution < 1.29 is 9.18 Å². The Kier molecular flexibility index (Phi) is 7.83. The molecule has 0 aliphatic carbocycles. The molecule has 174 valence electrons. The van der Waals surface area contributed by atoms with Crippen LogP contribution in [-0.4, -0.2) is 15.8 Å². The van der Waals surface area contributed by atoms with Gasteiger partial charge in [-0.2, -0.15) is 0 Å². The van der Waals surface area contributed by atoms with Crippen LogP contribution in [0.25, 0.3) is 0 Å². The van der Waals surface area contributed by atoms with E-state index in [1.807, 2.05) is 54.8 Å². The van der Waals surface area contributed by atoms with Crippen molar-refractivity contribution in [3.8, 4) is 0 Å². The van der Waals surface area contributed by atoms with Crippen molar-refractivity contribution in [2.75, 3.05) is 0 Å². The highest BCUT2D eigenvalue weighted by atomic mass is 32.1. The summed E-state index contributed by atoms with van der Waals surface area (Å²) < 4.78 is 13.4. The van der Waals surface area contributed by atoms with Crippen LogP contribution in [0.3, 0.4) is 0 Å². The van der Waals surface area contributed by atoms with Crippen molar-refractivity contribution in [1.29, 1.82) is 0 Å². The molecule has 1 unspecified atom stereocenters. The summed E-state index contributed by atoms with van der Waals surface area (Å²) in [6.45, 7) is 6.01. The van der Waals surface area contributed by atoms with E-state index in [9.17, 15) is 9.18 Å². The van der Waals surface area contributed by atoms with Gasteiger partial charge in [-0.1, -0.05) is 72.3 Å². The number of amides is 1. The Morgan fingerprint density at radius 2 is 1.56 bits per heavy atom. The number of nitrogens with one attached hydrogen (secondary N) is 1. The van der Waals surface area contributed by atoms with Gasteiger partial charge in [0, 0.05) is 18.5 Å². The average Bonchev–Trinajstić information content (AvgIpc) is 3.31. The molecule has 0 radical (unpaired) electrons. The van der Waals surface area contributed by atoms with E-state index in [1.54, 1.807) is 0 Å². The molecule has 1 N–H and O–H groups in total. The normalized spacial score (nSPS) is 12.0. The summed E-state index contributed by atoms with van der Waals surface area (Å²) in [4.78, 5) is 19.6. The largest absolute Gasteiger partial charge is 0.344 e. The number of halogens is 1. The molecule has 0 saturated heterocycles. The van der Waals surface area contributed by atoms with E-state index in [2.05, 4.69) is 46.4 Å². The van der Waals surface area contributed by atoms with Crippen LogP contribution in [0.15, 0.2) is 84.2 Å². The maximum atomic E-state index is 13.4. The molecule has 0 bridgehead atoms. The van der Waals surface area contributed by atoms with Crippen molar-refractivity contribution in [2.45, 2.75) is 39.5 Å².